The monoisotopic (exact) mass is 371 g/mol. The molecule has 0 amide bonds. The highest BCUT2D eigenvalue weighted by molar-refractivity contribution is 5.45. The van der Waals surface area contributed by atoms with Gasteiger partial charge in [-0.1, -0.05) is 12.1 Å². The number of nitrogens with zero attached hydrogens (tertiary/aromatic N) is 1. The zero-order chi connectivity index (χ0) is 19.6. The molecule has 0 fully saturated rings. The van der Waals surface area contributed by atoms with E-state index in [0.29, 0.717) is 22.7 Å². The van der Waals surface area contributed by atoms with Crippen LogP contribution in [0.5, 0.6) is 5.75 Å². The summed E-state index contributed by atoms with van der Waals surface area (Å²) < 4.78 is 33.7. The van der Waals surface area contributed by atoms with Crippen LogP contribution in [0.1, 0.15) is 22.4 Å². The van der Waals surface area contributed by atoms with Crippen LogP contribution < -0.4 is 10.3 Å². The van der Waals surface area contributed by atoms with Crippen molar-refractivity contribution in [2.75, 3.05) is 0 Å². The van der Waals surface area contributed by atoms with Crippen molar-refractivity contribution in [1.29, 1.82) is 0 Å². The fourth-order valence-corrected chi connectivity index (χ4v) is 2.86. The summed E-state index contributed by atoms with van der Waals surface area (Å²) in [4.78, 5) is 12.6. The lowest BCUT2D eigenvalue weighted by Crippen LogP contribution is -2.21. The summed E-state index contributed by atoms with van der Waals surface area (Å²) in [7, 11) is 0. The van der Waals surface area contributed by atoms with Crippen molar-refractivity contribution in [3.63, 3.8) is 0 Å². The molecular formula is C21H19F2NO3. The van der Waals surface area contributed by atoms with Gasteiger partial charge in [0.05, 0.1) is 12.3 Å². The number of aliphatic hydroxyl groups excluding tert-OH is 1. The molecule has 1 N–H and O–H groups in total. The van der Waals surface area contributed by atoms with E-state index >= 15 is 0 Å². The van der Waals surface area contributed by atoms with Gasteiger partial charge in [-0.3, -0.25) is 9.36 Å². The van der Waals surface area contributed by atoms with Crippen LogP contribution >= 0.6 is 0 Å². The molecule has 0 aliphatic rings. The van der Waals surface area contributed by atoms with E-state index in [-0.39, 0.29) is 24.3 Å². The Bertz CT molecular complexity index is 1040. The van der Waals surface area contributed by atoms with Gasteiger partial charge in [0.25, 0.3) is 5.56 Å². The van der Waals surface area contributed by atoms with Crippen LogP contribution in [0, 0.1) is 25.5 Å². The number of benzene rings is 2. The maximum atomic E-state index is 13.7. The summed E-state index contributed by atoms with van der Waals surface area (Å²) in [6, 6.07) is 11.7. The van der Waals surface area contributed by atoms with Crippen LogP contribution in [0.3, 0.4) is 0 Å². The Morgan fingerprint density at radius 2 is 1.81 bits per heavy atom. The Balaban J connectivity index is 1.90. The normalized spacial score (nSPS) is 10.9. The Morgan fingerprint density at radius 3 is 2.48 bits per heavy atom. The fourth-order valence-electron chi connectivity index (χ4n) is 2.86. The molecule has 3 aromatic rings. The zero-order valence-electron chi connectivity index (χ0n) is 15.0. The first-order chi connectivity index (χ1) is 12.9. The average Bonchev–Trinajstić information content (AvgIpc) is 2.62. The molecule has 0 aliphatic carbocycles. The predicted molar refractivity (Wildman–Crippen MR) is 98.1 cm³/mol. The van der Waals surface area contributed by atoms with Crippen molar-refractivity contribution < 1.29 is 18.6 Å². The number of pyridine rings is 1. The molecule has 0 unspecified atom stereocenters. The van der Waals surface area contributed by atoms with E-state index in [2.05, 4.69) is 0 Å². The molecule has 4 nitrogen and oxygen atoms in total. The largest absolute Gasteiger partial charge is 0.489 e. The number of halogens is 2. The van der Waals surface area contributed by atoms with Gasteiger partial charge in [0.15, 0.2) is 0 Å². The van der Waals surface area contributed by atoms with E-state index in [0.717, 1.165) is 17.7 Å². The summed E-state index contributed by atoms with van der Waals surface area (Å²) in [6.45, 7) is 3.40. The molecule has 6 heteroatoms. The third-order valence-electron chi connectivity index (χ3n) is 4.30. The van der Waals surface area contributed by atoms with Crippen molar-refractivity contribution in [2.24, 2.45) is 0 Å². The van der Waals surface area contributed by atoms with Gasteiger partial charge >= 0.3 is 0 Å². The topological polar surface area (TPSA) is 51.5 Å². The van der Waals surface area contributed by atoms with Crippen LogP contribution in [-0.4, -0.2) is 9.67 Å². The number of aromatic nitrogens is 1. The number of aliphatic hydroxyl groups is 1. The fraction of sp³-hybridized carbons (Fsp3) is 0.190. The summed E-state index contributed by atoms with van der Waals surface area (Å²) in [5.74, 6) is -1.06. The predicted octanol–water partition coefficient (Wildman–Crippen LogP) is 3.80. The molecule has 0 spiro atoms. The Hall–Kier alpha value is -2.99. The van der Waals surface area contributed by atoms with Crippen molar-refractivity contribution in [3.8, 4) is 11.4 Å². The van der Waals surface area contributed by atoms with Gasteiger partial charge in [0, 0.05) is 29.5 Å². The van der Waals surface area contributed by atoms with Crippen molar-refractivity contribution in [2.45, 2.75) is 27.1 Å². The standard InChI is InChI=1S/C21H19F2NO3/c1-13-3-4-15(11-25)8-20(13)24-14(2)7-18(10-21(24)26)27-12-16-5-6-17(22)9-19(16)23/h3-10,25H,11-12H2,1-2H3. The minimum atomic E-state index is -0.698. The van der Waals surface area contributed by atoms with Crippen LogP contribution in [0.25, 0.3) is 5.69 Å². The van der Waals surface area contributed by atoms with Gasteiger partial charge in [0.2, 0.25) is 0 Å². The molecule has 27 heavy (non-hydrogen) atoms. The second-order valence-corrected chi connectivity index (χ2v) is 6.31. The van der Waals surface area contributed by atoms with E-state index in [1.54, 1.807) is 25.1 Å². The van der Waals surface area contributed by atoms with E-state index in [9.17, 15) is 18.7 Å². The lowest BCUT2D eigenvalue weighted by atomic mass is 10.1. The minimum absolute atomic E-state index is 0.117. The molecule has 3 rings (SSSR count). The van der Waals surface area contributed by atoms with Gasteiger partial charge in [-0.2, -0.15) is 0 Å². The SMILES string of the molecule is Cc1ccc(CO)cc1-n1c(C)cc(OCc2ccc(F)cc2F)cc1=O. The summed E-state index contributed by atoms with van der Waals surface area (Å²) in [6.07, 6.45) is 0. The third kappa shape index (κ3) is 4.06. The number of aryl methyl sites for hydroxylation is 2. The Morgan fingerprint density at radius 1 is 1.04 bits per heavy atom. The first-order valence-corrected chi connectivity index (χ1v) is 8.40. The second-order valence-electron chi connectivity index (χ2n) is 6.31. The van der Waals surface area contributed by atoms with E-state index < -0.39 is 11.6 Å². The molecular weight excluding hydrogens is 352 g/mol. The maximum absolute atomic E-state index is 13.7. The van der Waals surface area contributed by atoms with E-state index in [1.807, 2.05) is 13.0 Å². The average molecular weight is 371 g/mol. The lowest BCUT2D eigenvalue weighted by Gasteiger charge is -2.15. The molecule has 140 valence electrons. The van der Waals surface area contributed by atoms with Crippen LogP contribution in [0.2, 0.25) is 0 Å². The first-order valence-electron chi connectivity index (χ1n) is 8.40. The van der Waals surface area contributed by atoms with Crippen LogP contribution in [-0.2, 0) is 13.2 Å². The quantitative estimate of drug-likeness (QED) is 0.742. The van der Waals surface area contributed by atoms with Gasteiger partial charge in [0.1, 0.15) is 24.0 Å². The third-order valence-corrected chi connectivity index (χ3v) is 4.30. The Kier molecular flexibility index (Phi) is 5.37. The summed E-state index contributed by atoms with van der Waals surface area (Å²) >= 11 is 0. The van der Waals surface area contributed by atoms with E-state index in [4.69, 9.17) is 4.74 Å². The summed E-state index contributed by atoms with van der Waals surface area (Å²) in [5.41, 5.74) is 2.80. The minimum Gasteiger partial charge on any atom is -0.489 e. The highest BCUT2D eigenvalue weighted by Crippen LogP contribution is 2.20. The molecule has 1 aromatic heterocycles. The van der Waals surface area contributed by atoms with Crippen LogP contribution in [0.15, 0.2) is 53.3 Å². The zero-order valence-corrected chi connectivity index (χ0v) is 15.0. The number of hydrogen-bond acceptors (Lipinski definition) is 3. The molecule has 0 bridgehead atoms. The second kappa shape index (κ2) is 7.72. The lowest BCUT2D eigenvalue weighted by molar-refractivity contribution is 0.282. The van der Waals surface area contributed by atoms with Crippen molar-refractivity contribution in [1.82, 2.24) is 4.57 Å². The molecule has 0 saturated heterocycles. The molecule has 2 aromatic carbocycles. The van der Waals surface area contributed by atoms with Crippen molar-refractivity contribution in [3.05, 3.63) is 92.9 Å². The van der Waals surface area contributed by atoms with Gasteiger partial charge in [-0.05, 0) is 43.2 Å². The highest BCUT2D eigenvalue weighted by atomic mass is 19.1. The molecule has 0 aliphatic heterocycles. The van der Waals surface area contributed by atoms with Gasteiger partial charge in [-0.15, -0.1) is 0 Å². The number of rotatable bonds is 5. The first kappa shape index (κ1) is 18.8. The molecule has 1 heterocycles. The van der Waals surface area contributed by atoms with Gasteiger partial charge < -0.3 is 9.84 Å². The molecule has 0 radical (unpaired) electrons. The number of hydrogen-bond donors (Lipinski definition) is 1. The Labute approximate surface area is 155 Å². The summed E-state index contributed by atoms with van der Waals surface area (Å²) in [5, 5.41) is 9.34. The highest BCUT2D eigenvalue weighted by Gasteiger charge is 2.11. The van der Waals surface area contributed by atoms with Gasteiger partial charge in [-0.25, -0.2) is 8.78 Å². The smallest absolute Gasteiger partial charge is 0.259 e. The van der Waals surface area contributed by atoms with Crippen LogP contribution in [0.4, 0.5) is 8.78 Å². The maximum Gasteiger partial charge on any atom is 0.259 e. The molecule has 0 atom stereocenters. The molecule has 0 saturated carbocycles. The van der Waals surface area contributed by atoms with E-state index in [1.165, 1.54) is 16.7 Å². The van der Waals surface area contributed by atoms with Crippen molar-refractivity contribution >= 4 is 0 Å². The number of ether oxygens (including phenoxy) is 1.